The lowest BCUT2D eigenvalue weighted by atomic mass is 9.89. The van der Waals surface area contributed by atoms with E-state index < -0.39 is 5.97 Å². The number of aromatic carboxylic acids is 1. The van der Waals surface area contributed by atoms with E-state index in [0.717, 1.165) is 12.5 Å². The summed E-state index contributed by atoms with van der Waals surface area (Å²) in [4.78, 5) is 13.1. The highest BCUT2D eigenvalue weighted by Gasteiger charge is 2.18. The minimum atomic E-state index is -0.912. The molecular weight excluding hydrogens is 230 g/mol. The van der Waals surface area contributed by atoms with Crippen molar-refractivity contribution in [3.63, 3.8) is 0 Å². The van der Waals surface area contributed by atoms with Gasteiger partial charge in [-0.1, -0.05) is 19.3 Å². The lowest BCUT2D eigenvalue weighted by Gasteiger charge is -2.26. The molecule has 0 bridgehead atoms. The molecule has 100 valence electrons. The first-order valence-corrected chi connectivity index (χ1v) is 6.65. The number of hydrogen-bond acceptors (Lipinski definition) is 3. The highest BCUT2D eigenvalue weighted by molar-refractivity contribution is 5.88. The molecule has 0 radical (unpaired) electrons. The van der Waals surface area contributed by atoms with E-state index in [1.165, 1.54) is 44.4 Å². The Kier molecular flexibility index (Phi) is 4.42. The molecule has 4 heteroatoms. The SMILES string of the molecule is CN(Cc1occc1C(=O)O)CC1CCCCC1. The van der Waals surface area contributed by atoms with Crippen LogP contribution in [0.1, 0.15) is 48.2 Å². The molecular formula is C14H21NO3. The Bertz CT molecular complexity index is 393. The van der Waals surface area contributed by atoms with E-state index >= 15 is 0 Å². The van der Waals surface area contributed by atoms with Crippen molar-refractivity contribution in [3.05, 3.63) is 23.7 Å². The zero-order valence-corrected chi connectivity index (χ0v) is 10.9. The molecule has 18 heavy (non-hydrogen) atoms. The molecule has 0 spiro atoms. The number of furan rings is 1. The molecule has 0 aliphatic heterocycles. The Morgan fingerprint density at radius 3 is 2.83 bits per heavy atom. The number of carboxylic acid groups (broad SMARTS) is 1. The fraction of sp³-hybridized carbons (Fsp3) is 0.643. The maximum atomic E-state index is 11.0. The summed E-state index contributed by atoms with van der Waals surface area (Å²) in [6.45, 7) is 1.60. The molecule has 1 aliphatic rings. The lowest BCUT2D eigenvalue weighted by molar-refractivity contribution is 0.0692. The van der Waals surface area contributed by atoms with E-state index in [9.17, 15) is 4.79 Å². The van der Waals surface area contributed by atoms with E-state index in [2.05, 4.69) is 4.90 Å². The number of rotatable bonds is 5. The van der Waals surface area contributed by atoms with Gasteiger partial charge in [0.25, 0.3) is 0 Å². The van der Waals surface area contributed by atoms with Gasteiger partial charge in [0.15, 0.2) is 0 Å². The van der Waals surface area contributed by atoms with Crippen LogP contribution in [0.4, 0.5) is 0 Å². The van der Waals surface area contributed by atoms with E-state index in [1.54, 1.807) is 0 Å². The molecule has 1 fully saturated rings. The van der Waals surface area contributed by atoms with Gasteiger partial charge in [-0.05, 0) is 31.9 Å². The van der Waals surface area contributed by atoms with Gasteiger partial charge in [-0.25, -0.2) is 4.79 Å². The van der Waals surface area contributed by atoms with Crippen LogP contribution in [0.3, 0.4) is 0 Å². The van der Waals surface area contributed by atoms with Gasteiger partial charge in [-0.15, -0.1) is 0 Å². The zero-order chi connectivity index (χ0) is 13.0. The fourth-order valence-corrected chi connectivity index (χ4v) is 2.77. The zero-order valence-electron chi connectivity index (χ0n) is 10.9. The first-order valence-electron chi connectivity index (χ1n) is 6.65. The lowest BCUT2D eigenvalue weighted by Crippen LogP contribution is -2.27. The third-order valence-corrected chi connectivity index (χ3v) is 3.68. The normalized spacial score (nSPS) is 17.2. The van der Waals surface area contributed by atoms with Crippen molar-refractivity contribution < 1.29 is 14.3 Å². The Hall–Kier alpha value is -1.29. The van der Waals surface area contributed by atoms with Crippen LogP contribution in [-0.4, -0.2) is 29.6 Å². The van der Waals surface area contributed by atoms with E-state index in [-0.39, 0.29) is 5.56 Å². The minimum Gasteiger partial charge on any atom is -0.478 e. The summed E-state index contributed by atoms with van der Waals surface area (Å²) in [7, 11) is 2.03. The van der Waals surface area contributed by atoms with Crippen molar-refractivity contribution >= 4 is 5.97 Å². The van der Waals surface area contributed by atoms with Crippen LogP contribution in [0.15, 0.2) is 16.7 Å². The molecule has 2 rings (SSSR count). The summed E-state index contributed by atoms with van der Waals surface area (Å²) < 4.78 is 5.26. The molecule has 1 heterocycles. The second-order valence-electron chi connectivity index (χ2n) is 5.26. The first kappa shape index (κ1) is 13.1. The molecule has 0 saturated heterocycles. The summed E-state index contributed by atoms with van der Waals surface area (Å²) in [5.74, 6) is 0.401. The summed E-state index contributed by atoms with van der Waals surface area (Å²) in [6.07, 6.45) is 8.08. The van der Waals surface area contributed by atoms with Crippen molar-refractivity contribution in [1.29, 1.82) is 0 Å². The molecule has 1 aromatic heterocycles. The monoisotopic (exact) mass is 251 g/mol. The van der Waals surface area contributed by atoms with Crippen LogP contribution in [0, 0.1) is 5.92 Å². The third-order valence-electron chi connectivity index (χ3n) is 3.68. The van der Waals surface area contributed by atoms with Gasteiger partial charge >= 0.3 is 5.97 Å². The standard InChI is InChI=1S/C14H21NO3/c1-15(9-11-5-3-2-4-6-11)10-13-12(14(16)17)7-8-18-13/h7-8,11H,2-6,9-10H2,1H3,(H,16,17). The smallest absolute Gasteiger partial charge is 0.339 e. The van der Waals surface area contributed by atoms with Crippen LogP contribution in [0.2, 0.25) is 0 Å². The topological polar surface area (TPSA) is 53.7 Å². The number of carboxylic acids is 1. The second-order valence-corrected chi connectivity index (χ2v) is 5.26. The Balaban J connectivity index is 1.88. The highest BCUT2D eigenvalue weighted by atomic mass is 16.4. The maximum absolute atomic E-state index is 11.0. The highest BCUT2D eigenvalue weighted by Crippen LogP contribution is 2.24. The molecule has 4 nitrogen and oxygen atoms in total. The molecule has 1 aromatic rings. The van der Waals surface area contributed by atoms with Gasteiger partial charge in [0.2, 0.25) is 0 Å². The average Bonchev–Trinajstić information content (AvgIpc) is 2.78. The minimum absolute atomic E-state index is 0.283. The van der Waals surface area contributed by atoms with E-state index in [4.69, 9.17) is 9.52 Å². The summed E-state index contributed by atoms with van der Waals surface area (Å²) in [5, 5.41) is 9.01. The number of carbonyl (C=O) groups is 1. The van der Waals surface area contributed by atoms with Gasteiger partial charge in [-0.3, -0.25) is 4.90 Å². The van der Waals surface area contributed by atoms with Crippen molar-refractivity contribution in [3.8, 4) is 0 Å². The summed E-state index contributed by atoms with van der Waals surface area (Å²) in [6, 6.07) is 1.52. The largest absolute Gasteiger partial charge is 0.478 e. The Morgan fingerprint density at radius 2 is 2.17 bits per heavy atom. The van der Waals surface area contributed by atoms with Crippen LogP contribution >= 0.6 is 0 Å². The van der Waals surface area contributed by atoms with Crippen LogP contribution in [-0.2, 0) is 6.54 Å². The van der Waals surface area contributed by atoms with Gasteiger partial charge in [0.1, 0.15) is 11.3 Å². The molecule has 0 aromatic carbocycles. The van der Waals surface area contributed by atoms with Gasteiger partial charge in [-0.2, -0.15) is 0 Å². The maximum Gasteiger partial charge on any atom is 0.339 e. The van der Waals surface area contributed by atoms with Crippen LogP contribution in [0.5, 0.6) is 0 Å². The quantitative estimate of drug-likeness (QED) is 0.874. The fourth-order valence-electron chi connectivity index (χ4n) is 2.77. The van der Waals surface area contributed by atoms with Crippen molar-refractivity contribution in [2.45, 2.75) is 38.6 Å². The van der Waals surface area contributed by atoms with E-state index in [0.29, 0.717) is 12.3 Å². The molecule has 0 amide bonds. The predicted molar refractivity (Wildman–Crippen MR) is 68.6 cm³/mol. The van der Waals surface area contributed by atoms with E-state index in [1.807, 2.05) is 7.05 Å². The summed E-state index contributed by atoms with van der Waals surface area (Å²) >= 11 is 0. The molecule has 1 saturated carbocycles. The molecule has 1 N–H and O–H groups in total. The van der Waals surface area contributed by atoms with Crippen molar-refractivity contribution in [2.24, 2.45) is 5.92 Å². The first-order chi connectivity index (χ1) is 8.66. The average molecular weight is 251 g/mol. The van der Waals surface area contributed by atoms with Gasteiger partial charge < -0.3 is 9.52 Å². The molecule has 0 unspecified atom stereocenters. The van der Waals surface area contributed by atoms with Gasteiger partial charge in [0.05, 0.1) is 12.8 Å². The molecule has 0 atom stereocenters. The van der Waals surface area contributed by atoms with Crippen LogP contribution in [0.25, 0.3) is 0 Å². The summed E-state index contributed by atoms with van der Waals surface area (Å²) in [5.41, 5.74) is 0.283. The number of nitrogens with zero attached hydrogens (tertiary/aromatic N) is 1. The van der Waals surface area contributed by atoms with Gasteiger partial charge in [0, 0.05) is 6.54 Å². The Morgan fingerprint density at radius 1 is 1.44 bits per heavy atom. The predicted octanol–water partition coefficient (Wildman–Crippen LogP) is 2.99. The number of hydrogen-bond donors (Lipinski definition) is 1. The second kappa shape index (κ2) is 6.05. The third kappa shape index (κ3) is 3.35. The van der Waals surface area contributed by atoms with Crippen molar-refractivity contribution in [2.75, 3.05) is 13.6 Å². The van der Waals surface area contributed by atoms with Crippen LogP contribution < -0.4 is 0 Å². The van der Waals surface area contributed by atoms with Crippen molar-refractivity contribution in [1.82, 2.24) is 4.90 Å². The Labute approximate surface area is 108 Å². The molecule has 1 aliphatic carbocycles.